The van der Waals surface area contributed by atoms with Crippen molar-refractivity contribution in [3.63, 3.8) is 0 Å². The molecular weight excluding hydrogens is 314 g/mol. The highest BCUT2D eigenvalue weighted by molar-refractivity contribution is 5.59. The first-order chi connectivity index (χ1) is 12.2. The van der Waals surface area contributed by atoms with Gasteiger partial charge in [0.2, 0.25) is 11.7 Å². The van der Waals surface area contributed by atoms with Crippen LogP contribution in [0.5, 0.6) is 0 Å². The Kier molecular flexibility index (Phi) is 3.28. The minimum absolute atomic E-state index is 0.370. The molecule has 1 aromatic carbocycles. The number of fused-ring (bicyclic) bond motifs is 1. The van der Waals surface area contributed by atoms with Gasteiger partial charge in [-0.3, -0.25) is 0 Å². The summed E-state index contributed by atoms with van der Waals surface area (Å²) in [5.74, 6) is 3.20. The third-order valence-electron chi connectivity index (χ3n) is 5.87. The molecule has 0 amide bonds. The van der Waals surface area contributed by atoms with E-state index >= 15 is 0 Å². The van der Waals surface area contributed by atoms with Crippen molar-refractivity contribution in [2.24, 2.45) is 17.6 Å². The third-order valence-corrected chi connectivity index (χ3v) is 5.87. The number of nitrogens with zero attached hydrogens (tertiary/aromatic N) is 4. The molecule has 5 rings (SSSR count). The lowest BCUT2D eigenvalue weighted by Crippen LogP contribution is -2.44. The van der Waals surface area contributed by atoms with Crippen LogP contribution in [-0.2, 0) is 0 Å². The second-order valence-electron chi connectivity index (χ2n) is 7.40. The summed E-state index contributed by atoms with van der Waals surface area (Å²) in [5.41, 5.74) is 9.25. The molecule has 6 heteroatoms. The van der Waals surface area contributed by atoms with Gasteiger partial charge in [-0.2, -0.15) is 10.1 Å². The summed E-state index contributed by atoms with van der Waals surface area (Å²) in [4.78, 5) is 4.68. The topological polar surface area (TPSA) is 82.8 Å². The van der Waals surface area contributed by atoms with Gasteiger partial charge in [0.15, 0.2) is 0 Å². The fraction of sp³-hybridized carbons (Fsp3) is 0.421. The molecule has 6 nitrogen and oxygen atoms in total. The van der Waals surface area contributed by atoms with Crippen molar-refractivity contribution in [1.82, 2.24) is 19.9 Å². The smallest absolute Gasteiger partial charge is 0.230 e. The highest BCUT2D eigenvalue weighted by Gasteiger charge is 2.47. The fourth-order valence-electron chi connectivity index (χ4n) is 4.46. The van der Waals surface area contributed by atoms with E-state index in [0.717, 1.165) is 47.9 Å². The molecule has 0 bridgehead atoms. The predicted molar refractivity (Wildman–Crippen MR) is 93.1 cm³/mol. The second kappa shape index (κ2) is 5.52. The van der Waals surface area contributed by atoms with Crippen molar-refractivity contribution >= 4 is 0 Å². The van der Waals surface area contributed by atoms with Gasteiger partial charge in [0.05, 0.1) is 5.69 Å². The highest BCUT2D eigenvalue weighted by atomic mass is 16.5. The lowest BCUT2D eigenvalue weighted by atomic mass is 9.72. The third kappa shape index (κ3) is 2.40. The maximum atomic E-state index is 6.10. The van der Waals surface area contributed by atoms with Gasteiger partial charge in [-0.05, 0) is 67.9 Å². The average molecular weight is 335 g/mol. The first-order valence-corrected chi connectivity index (χ1v) is 8.89. The maximum absolute atomic E-state index is 6.10. The lowest BCUT2D eigenvalue weighted by molar-refractivity contribution is 0.173. The fourth-order valence-corrected chi connectivity index (χ4v) is 4.46. The standard InChI is InChI=1S/C19H21N5O/c1-11-7-12(3-4-17(11)24-6-2-5-21-24)18-22-19(25-23-18)14-8-13-10-16(20)15(13)9-14/h2-7,13-16H,8-10,20H2,1H3/t13-,14?,15-,16+/m1/s1. The van der Waals surface area contributed by atoms with E-state index in [1.165, 1.54) is 0 Å². The van der Waals surface area contributed by atoms with Gasteiger partial charge in [-0.15, -0.1) is 0 Å². The van der Waals surface area contributed by atoms with Crippen LogP contribution >= 0.6 is 0 Å². The summed E-state index contributed by atoms with van der Waals surface area (Å²) in [6.45, 7) is 2.07. The molecular formula is C19H21N5O. The molecule has 2 N–H and O–H groups in total. The van der Waals surface area contributed by atoms with Crippen LogP contribution in [0.2, 0.25) is 0 Å². The van der Waals surface area contributed by atoms with Crippen LogP contribution in [0.15, 0.2) is 41.2 Å². The Labute approximate surface area is 146 Å². The number of aromatic nitrogens is 4. The van der Waals surface area contributed by atoms with E-state index in [1.807, 2.05) is 29.1 Å². The van der Waals surface area contributed by atoms with Crippen LogP contribution in [0, 0.1) is 18.8 Å². The Bertz CT molecular complexity index is 900. The molecule has 1 unspecified atom stereocenters. The maximum Gasteiger partial charge on any atom is 0.230 e. The molecule has 2 fully saturated rings. The molecule has 2 heterocycles. The molecule has 2 aliphatic rings. The summed E-state index contributed by atoms with van der Waals surface area (Å²) in [5, 5.41) is 8.50. The van der Waals surface area contributed by atoms with Crippen molar-refractivity contribution < 1.29 is 4.52 Å². The Morgan fingerprint density at radius 3 is 2.88 bits per heavy atom. The number of nitrogens with two attached hydrogens (primary N) is 1. The molecule has 25 heavy (non-hydrogen) atoms. The van der Waals surface area contributed by atoms with Crippen molar-refractivity contribution in [3.8, 4) is 17.1 Å². The van der Waals surface area contributed by atoms with Gasteiger partial charge in [0.25, 0.3) is 0 Å². The predicted octanol–water partition coefficient (Wildman–Crippen LogP) is 3.07. The number of benzene rings is 1. The van der Waals surface area contributed by atoms with Crippen LogP contribution < -0.4 is 5.73 Å². The Morgan fingerprint density at radius 1 is 1.24 bits per heavy atom. The van der Waals surface area contributed by atoms with Crippen molar-refractivity contribution in [3.05, 3.63) is 48.1 Å². The molecule has 2 saturated carbocycles. The summed E-state index contributed by atoms with van der Waals surface area (Å²) >= 11 is 0. The van der Waals surface area contributed by atoms with Crippen LogP contribution in [0.4, 0.5) is 0 Å². The van der Waals surface area contributed by atoms with Crippen LogP contribution in [0.25, 0.3) is 17.1 Å². The summed E-state index contributed by atoms with van der Waals surface area (Å²) in [6.07, 6.45) is 7.09. The van der Waals surface area contributed by atoms with Gasteiger partial charge in [-0.1, -0.05) is 5.16 Å². The Morgan fingerprint density at radius 2 is 2.16 bits per heavy atom. The quantitative estimate of drug-likeness (QED) is 0.795. The first-order valence-electron chi connectivity index (χ1n) is 8.89. The van der Waals surface area contributed by atoms with Gasteiger partial charge in [-0.25, -0.2) is 4.68 Å². The molecule has 2 aromatic heterocycles. The molecule has 4 atom stereocenters. The highest BCUT2D eigenvalue weighted by Crippen LogP contribution is 2.52. The minimum Gasteiger partial charge on any atom is -0.339 e. The monoisotopic (exact) mass is 335 g/mol. The van der Waals surface area contributed by atoms with Crippen molar-refractivity contribution in [2.75, 3.05) is 0 Å². The van der Waals surface area contributed by atoms with Crippen LogP contribution in [0.1, 0.15) is 36.6 Å². The Balaban J connectivity index is 1.39. The van der Waals surface area contributed by atoms with Crippen molar-refractivity contribution in [2.45, 2.75) is 38.1 Å². The molecule has 0 radical (unpaired) electrons. The number of hydrogen-bond donors (Lipinski definition) is 1. The van der Waals surface area contributed by atoms with Gasteiger partial charge in [0, 0.05) is 29.9 Å². The average Bonchev–Trinajstić information content (AvgIpc) is 3.33. The molecule has 0 saturated heterocycles. The number of hydrogen-bond acceptors (Lipinski definition) is 5. The lowest BCUT2D eigenvalue weighted by Gasteiger charge is -2.37. The molecule has 3 aromatic rings. The van der Waals surface area contributed by atoms with E-state index in [0.29, 0.717) is 23.7 Å². The Hall–Kier alpha value is -2.47. The normalized spacial score (nSPS) is 27.9. The van der Waals surface area contributed by atoms with E-state index in [2.05, 4.69) is 28.2 Å². The molecule has 0 aliphatic heterocycles. The zero-order valence-electron chi connectivity index (χ0n) is 14.2. The number of aryl methyl sites for hydroxylation is 1. The van der Waals surface area contributed by atoms with Crippen molar-refractivity contribution in [1.29, 1.82) is 0 Å². The minimum atomic E-state index is 0.370. The first kappa shape index (κ1) is 14.8. The summed E-state index contributed by atoms with van der Waals surface area (Å²) in [7, 11) is 0. The van der Waals surface area contributed by atoms with Gasteiger partial charge >= 0.3 is 0 Å². The van der Waals surface area contributed by atoms with Crippen LogP contribution in [0.3, 0.4) is 0 Å². The van der Waals surface area contributed by atoms with E-state index in [1.54, 1.807) is 6.20 Å². The summed E-state index contributed by atoms with van der Waals surface area (Å²) in [6, 6.07) is 8.43. The van der Waals surface area contributed by atoms with Crippen LogP contribution in [-0.4, -0.2) is 26.0 Å². The number of rotatable bonds is 3. The zero-order chi connectivity index (χ0) is 17.0. The summed E-state index contributed by atoms with van der Waals surface area (Å²) < 4.78 is 7.44. The van der Waals surface area contributed by atoms with E-state index in [9.17, 15) is 0 Å². The SMILES string of the molecule is Cc1cc(-c2noc(C3C[C@@H]4C[C@H](N)[C@@H]4C3)n2)ccc1-n1cccn1. The van der Waals surface area contributed by atoms with E-state index in [-0.39, 0.29) is 0 Å². The van der Waals surface area contributed by atoms with E-state index in [4.69, 9.17) is 10.3 Å². The molecule has 0 spiro atoms. The van der Waals surface area contributed by atoms with E-state index < -0.39 is 0 Å². The van der Waals surface area contributed by atoms with Gasteiger partial charge < -0.3 is 10.3 Å². The molecule has 2 aliphatic carbocycles. The largest absolute Gasteiger partial charge is 0.339 e. The second-order valence-corrected chi connectivity index (χ2v) is 7.40. The van der Waals surface area contributed by atoms with Gasteiger partial charge in [0.1, 0.15) is 0 Å². The molecule has 128 valence electrons. The zero-order valence-corrected chi connectivity index (χ0v) is 14.2.